The number of nitrogens with zero attached hydrogens (tertiary/aromatic N) is 1. The van der Waals surface area contributed by atoms with Crippen LogP contribution in [0.3, 0.4) is 0 Å². The van der Waals surface area contributed by atoms with Crippen molar-refractivity contribution >= 4 is 17.9 Å². The topological polar surface area (TPSA) is 192 Å². The standard InChI is InChI=1S/C28H43NO12/c30-18-2-12-23(26(31)32)16(13-18)15-38-41-22-9-7-20(8-10-22)39-19-3-5-21(6-4-19)40-28(35)25-14-17(29(36)37)1-11-24(25)27(33)34/h16-25,30H,1-15H2,(H,31,32)(H,33,34). The Labute approximate surface area is 238 Å². The second kappa shape index (κ2) is 14.7. The third-order valence-electron chi connectivity index (χ3n) is 9.41. The molecule has 13 heteroatoms. The van der Waals surface area contributed by atoms with Crippen molar-refractivity contribution in [2.75, 3.05) is 6.61 Å². The minimum absolute atomic E-state index is 0.0367. The maximum atomic E-state index is 12.8. The fourth-order valence-corrected chi connectivity index (χ4v) is 6.94. The number of aliphatic hydroxyl groups excluding tert-OH is 1. The molecular weight excluding hydrogens is 542 g/mol. The molecule has 0 radical (unpaired) electrons. The molecular formula is C28H43NO12. The normalized spacial score (nSPS) is 38.1. The maximum Gasteiger partial charge on any atom is 0.310 e. The second-order valence-electron chi connectivity index (χ2n) is 12.2. The average Bonchev–Trinajstić information content (AvgIpc) is 2.94. The molecule has 0 spiro atoms. The third kappa shape index (κ3) is 8.82. The Balaban J connectivity index is 1.12. The van der Waals surface area contributed by atoms with E-state index in [-0.39, 0.29) is 56.2 Å². The zero-order valence-corrected chi connectivity index (χ0v) is 23.3. The molecule has 0 aromatic rings. The Morgan fingerprint density at radius 1 is 0.707 bits per heavy atom. The van der Waals surface area contributed by atoms with Gasteiger partial charge in [-0.05, 0) is 77.0 Å². The zero-order valence-electron chi connectivity index (χ0n) is 23.3. The molecule has 4 aliphatic carbocycles. The summed E-state index contributed by atoms with van der Waals surface area (Å²) in [7, 11) is 0. The van der Waals surface area contributed by atoms with E-state index in [1.807, 2.05) is 0 Å². The van der Waals surface area contributed by atoms with Crippen molar-refractivity contribution in [3.05, 3.63) is 10.1 Å². The number of hydrogen-bond donors (Lipinski definition) is 3. The number of nitro groups is 1. The third-order valence-corrected chi connectivity index (χ3v) is 9.41. The molecule has 0 bridgehead atoms. The van der Waals surface area contributed by atoms with Crippen LogP contribution in [0, 0.1) is 33.8 Å². The number of carbonyl (C=O) groups is 3. The number of carbonyl (C=O) groups excluding carboxylic acids is 1. The van der Waals surface area contributed by atoms with Crippen molar-refractivity contribution in [2.45, 2.75) is 126 Å². The molecule has 4 saturated carbocycles. The second-order valence-corrected chi connectivity index (χ2v) is 12.2. The first-order chi connectivity index (χ1) is 19.6. The summed E-state index contributed by atoms with van der Waals surface area (Å²) in [6.07, 6.45) is 6.37. The van der Waals surface area contributed by atoms with Gasteiger partial charge in [-0.1, -0.05) is 0 Å². The Morgan fingerprint density at radius 3 is 1.85 bits per heavy atom. The van der Waals surface area contributed by atoms with E-state index in [0.717, 1.165) is 25.7 Å². The van der Waals surface area contributed by atoms with Crippen LogP contribution in [0.15, 0.2) is 0 Å². The molecule has 0 heterocycles. The van der Waals surface area contributed by atoms with Crippen LogP contribution in [0.5, 0.6) is 0 Å². The number of carboxylic acid groups (broad SMARTS) is 2. The van der Waals surface area contributed by atoms with Crippen molar-refractivity contribution in [3.63, 3.8) is 0 Å². The number of aliphatic carboxylic acids is 2. The first-order valence-corrected chi connectivity index (χ1v) is 15.0. The molecule has 6 atom stereocenters. The smallest absolute Gasteiger partial charge is 0.310 e. The largest absolute Gasteiger partial charge is 0.481 e. The van der Waals surface area contributed by atoms with Crippen molar-refractivity contribution in [1.29, 1.82) is 0 Å². The van der Waals surface area contributed by atoms with Gasteiger partial charge in [0.25, 0.3) is 0 Å². The molecule has 4 aliphatic rings. The Kier molecular flexibility index (Phi) is 11.3. The minimum Gasteiger partial charge on any atom is -0.481 e. The molecule has 41 heavy (non-hydrogen) atoms. The van der Waals surface area contributed by atoms with E-state index in [9.17, 15) is 39.8 Å². The van der Waals surface area contributed by atoms with Gasteiger partial charge in [0, 0.05) is 23.7 Å². The summed E-state index contributed by atoms with van der Waals surface area (Å²) in [5.74, 6) is -5.38. The molecule has 0 aromatic carbocycles. The van der Waals surface area contributed by atoms with Gasteiger partial charge in [-0.2, -0.15) is 0 Å². The van der Waals surface area contributed by atoms with Gasteiger partial charge in [0.2, 0.25) is 6.04 Å². The van der Waals surface area contributed by atoms with Crippen molar-refractivity contribution < 1.29 is 53.9 Å². The summed E-state index contributed by atoms with van der Waals surface area (Å²) in [5.41, 5.74) is 0. The lowest BCUT2D eigenvalue weighted by Crippen LogP contribution is -2.42. The lowest BCUT2D eigenvalue weighted by molar-refractivity contribution is -0.528. The van der Waals surface area contributed by atoms with Crippen LogP contribution in [0.1, 0.15) is 89.9 Å². The van der Waals surface area contributed by atoms with E-state index in [4.69, 9.17) is 19.2 Å². The first kappa shape index (κ1) is 31.6. The molecule has 6 unspecified atom stereocenters. The summed E-state index contributed by atoms with van der Waals surface area (Å²) in [6, 6.07) is -0.922. The molecule has 4 rings (SSSR count). The highest BCUT2D eigenvalue weighted by Gasteiger charge is 2.45. The van der Waals surface area contributed by atoms with Gasteiger partial charge in [-0.3, -0.25) is 24.5 Å². The number of aliphatic hydroxyl groups is 1. The van der Waals surface area contributed by atoms with Gasteiger partial charge >= 0.3 is 17.9 Å². The minimum atomic E-state index is -1.12. The lowest BCUT2D eigenvalue weighted by atomic mass is 9.77. The fourth-order valence-electron chi connectivity index (χ4n) is 6.94. The quantitative estimate of drug-likeness (QED) is 0.139. The van der Waals surface area contributed by atoms with Crippen molar-refractivity contribution in [3.8, 4) is 0 Å². The number of carboxylic acids is 2. The molecule has 3 N–H and O–H groups in total. The van der Waals surface area contributed by atoms with Gasteiger partial charge in [-0.15, -0.1) is 0 Å². The number of rotatable bonds is 11. The molecule has 0 saturated heterocycles. The van der Waals surface area contributed by atoms with E-state index in [1.165, 1.54) is 0 Å². The fraction of sp³-hybridized carbons (Fsp3) is 0.893. The average molecular weight is 586 g/mol. The van der Waals surface area contributed by atoms with E-state index in [0.29, 0.717) is 44.9 Å². The first-order valence-electron chi connectivity index (χ1n) is 15.0. The number of ether oxygens (including phenoxy) is 2. The van der Waals surface area contributed by atoms with Crippen LogP contribution in [0.25, 0.3) is 0 Å². The number of hydrogen-bond acceptors (Lipinski definition) is 10. The molecule has 4 fully saturated rings. The van der Waals surface area contributed by atoms with Gasteiger partial charge in [0.05, 0.1) is 48.8 Å². The highest BCUT2D eigenvalue weighted by atomic mass is 17.2. The summed E-state index contributed by atoms with van der Waals surface area (Å²) in [6.45, 7) is 0.145. The van der Waals surface area contributed by atoms with Crippen LogP contribution < -0.4 is 0 Å². The van der Waals surface area contributed by atoms with Gasteiger partial charge in [-0.25, -0.2) is 9.78 Å². The van der Waals surface area contributed by atoms with Crippen LogP contribution in [-0.2, 0) is 33.6 Å². The van der Waals surface area contributed by atoms with Crippen LogP contribution in [0.4, 0.5) is 0 Å². The molecule has 0 aliphatic heterocycles. The van der Waals surface area contributed by atoms with Gasteiger partial charge < -0.3 is 24.8 Å². The van der Waals surface area contributed by atoms with E-state index < -0.39 is 52.7 Å². The van der Waals surface area contributed by atoms with Gasteiger partial charge in [0.15, 0.2) is 0 Å². The Bertz CT molecular complexity index is 914. The molecule has 13 nitrogen and oxygen atoms in total. The van der Waals surface area contributed by atoms with Crippen LogP contribution in [0.2, 0.25) is 0 Å². The SMILES string of the molecule is O=C(O)C1CCC(O)CC1COOC1CCC(OC2CCC(OC(=O)C3CC([N+](=O)[O-])CCC3C(=O)O)CC2)CC1. The Hall–Kier alpha value is -2.35. The van der Waals surface area contributed by atoms with Crippen molar-refractivity contribution in [1.82, 2.24) is 0 Å². The summed E-state index contributed by atoms with van der Waals surface area (Å²) in [5, 5.41) is 40.0. The maximum absolute atomic E-state index is 12.8. The van der Waals surface area contributed by atoms with Crippen LogP contribution in [-0.4, -0.2) is 81.3 Å². The van der Waals surface area contributed by atoms with E-state index >= 15 is 0 Å². The molecule has 0 amide bonds. The van der Waals surface area contributed by atoms with Gasteiger partial charge in [0.1, 0.15) is 6.10 Å². The highest BCUT2D eigenvalue weighted by Crippen LogP contribution is 2.35. The monoisotopic (exact) mass is 585 g/mol. The summed E-state index contributed by atoms with van der Waals surface area (Å²) in [4.78, 5) is 57.7. The molecule has 232 valence electrons. The molecule has 0 aromatic heterocycles. The predicted molar refractivity (Wildman–Crippen MR) is 140 cm³/mol. The van der Waals surface area contributed by atoms with E-state index in [2.05, 4.69) is 0 Å². The Morgan fingerprint density at radius 2 is 1.27 bits per heavy atom. The van der Waals surface area contributed by atoms with Crippen LogP contribution >= 0.6 is 0 Å². The summed E-state index contributed by atoms with van der Waals surface area (Å²) >= 11 is 0. The predicted octanol–water partition coefficient (Wildman–Crippen LogP) is 3.12. The van der Waals surface area contributed by atoms with Crippen molar-refractivity contribution in [2.24, 2.45) is 23.7 Å². The number of esters is 1. The zero-order chi connectivity index (χ0) is 29.5. The highest BCUT2D eigenvalue weighted by molar-refractivity contribution is 5.81. The lowest BCUT2D eigenvalue weighted by Gasteiger charge is -2.35. The van der Waals surface area contributed by atoms with E-state index in [1.54, 1.807) is 0 Å². The summed E-state index contributed by atoms with van der Waals surface area (Å²) < 4.78 is 11.9.